The maximum Gasteiger partial charge on any atom is 0.308 e. The van der Waals surface area contributed by atoms with Crippen LogP contribution in [0, 0.1) is 5.92 Å². The second kappa shape index (κ2) is 3.04. The van der Waals surface area contributed by atoms with Crippen LogP contribution in [0.25, 0.3) is 0 Å². The van der Waals surface area contributed by atoms with Gasteiger partial charge in [-0.1, -0.05) is 6.92 Å². The minimum Gasteiger partial charge on any atom is -0.462 e. The summed E-state index contributed by atoms with van der Waals surface area (Å²) in [4.78, 5) is 11.0. The lowest BCUT2D eigenvalue weighted by Crippen LogP contribution is -2.16. The Balaban J connectivity index is 2.49. The molecule has 1 aliphatic heterocycles. The molecule has 2 nitrogen and oxygen atoms in total. The fraction of sp³-hybridized carbons (Fsp3) is 0.875. The summed E-state index contributed by atoms with van der Waals surface area (Å²) >= 11 is 0. The average molecular weight is 142 g/mol. The minimum atomic E-state index is -0.0231. The van der Waals surface area contributed by atoms with Crippen LogP contribution in [-0.2, 0) is 9.53 Å². The summed E-state index contributed by atoms with van der Waals surface area (Å²) in [5.41, 5.74) is 0. The molecule has 1 rings (SSSR count). The van der Waals surface area contributed by atoms with Gasteiger partial charge in [0.15, 0.2) is 0 Å². The molecule has 58 valence electrons. The highest BCUT2D eigenvalue weighted by Gasteiger charge is 2.20. The second-order valence-electron chi connectivity index (χ2n) is 3.08. The Bertz CT molecular complexity index is 131. The summed E-state index contributed by atoms with van der Waals surface area (Å²) < 4.78 is 5.08. The third kappa shape index (κ3) is 1.72. The molecule has 0 aliphatic carbocycles. The summed E-state index contributed by atoms with van der Waals surface area (Å²) in [6.45, 7) is 3.89. The number of cyclic esters (lactones) is 1. The first-order chi connectivity index (χ1) is 4.70. The Labute approximate surface area is 61.6 Å². The molecular formula is C8H14O2. The van der Waals surface area contributed by atoms with E-state index < -0.39 is 0 Å². The molecule has 0 spiro atoms. The van der Waals surface area contributed by atoms with Crippen molar-refractivity contribution in [3.8, 4) is 0 Å². The Morgan fingerprint density at radius 2 is 2.10 bits per heavy atom. The van der Waals surface area contributed by atoms with Crippen LogP contribution < -0.4 is 0 Å². The molecule has 1 saturated heterocycles. The van der Waals surface area contributed by atoms with E-state index in [9.17, 15) is 4.79 Å². The standard InChI is InChI=1S/C8H14O2/c1-6-4-3-5-7(2)10-8(6)9/h6-7H,3-5H2,1-2H3/t6-,7-/m1/s1. The van der Waals surface area contributed by atoms with E-state index in [-0.39, 0.29) is 18.0 Å². The average Bonchev–Trinajstić information content (AvgIpc) is 1.96. The van der Waals surface area contributed by atoms with Crippen LogP contribution >= 0.6 is 0 Å². The van der Waals surface area contributed by atoms with Crippen molar-refractivity contribution in [2.24, 2.45) is 5.92 Å². The molecule has 0 aromatic carbocycles. The SMILES string of the molecule is C[C@@H]1CCC[C@@H](C)C(=O)O1. The predicted octanol–water partition coefficient (Wildman–Crippen LogP) is 1.74. The van der Waals surface area contributed by atoms with E-state index >= 15 is 0 Å². The van der Waals surface area contributed by atoms with Gasteiger partial charge in [-0.25, -0.2) is 0 Å². The van der Waals surface area contributed by atoms with Gasteiger partial charge in [-0.3, -0.25) is 4.79 Å². The van der Waals surface area contributed by atoms with Gasteiger partial charge in [0.2, 0.25) is 0 Å². The monoisotopic (exact) mass is 142 g/mol. The number of carbonyl (C=O) groups excluding carboxylic acids is 1. The van der Waals surface area contributed by atoms with E-state index in [0.717, 1.165) is 19.3 Å². The maximum absolute atomic E-state index is 11.0. The predicted molar refractivity (Wildman–Crippen MR) is 38.6 cm³/mol. The van der Waals surface area contributed by atoms with Gasteiger partial charge < -0.3 is 4.74 Å². The van der Waals surface area contributed by atoms with Crippen LogP contribution in [0.5, 0.6) is 0 Å². The van der Waals surface area contributed by atoms with Crippen LogP contribution in [0.2, 0.25) is 0 Å². The van der Waals surface area contributed by atoms with E-state index in [1.165, 1.54) is 0 Å². The number of hydrogen-bond donors (Lipinski definition) is 0. The summed E-state index contributed by atoms with van der Waals surface area (Å²) in [6, 6.07) is 0. The fourth-order valence-corrected chi connectivity index (χ4v) is 1.20. The maximum atomic E-state index is 11.0. The highest BCUT2D eigenvalue weighted by atomic mass is 16.5. The smallest absolute Gasteiger partial charge is 0.308 e. The summed E-state index contributed by atoms with van der Waals surface area (Å²) in [5, 5.41) is 0. The molecular weight excluding hydrogens is 128 g/mol. The van der Waals surface area contributed by atoms with Crippen LogP contribution in [0.4, 0.5) is 0 Å². The molecule has 0 N–H and O–H groups in total. The van der Waals surface area contributed by atoms with Crippen molar-refractivity contribution < 1.29 is 9.53 Å². The molecule has 0 radical (unpaired) electrons. The molecule has 1 aliphatic rings. The van der Waals surface area contributed by atoms with E-state index in [0.29, 0.717) is 0 Å². The van der Waals surface area contributed by atoms with Gasteiger partial charge in [-0.15, -0.1) is 0 Å². The van der Waals surface area contributed by atoms with Crippen LogP contribution in [0.15, 0.2) is 0 Å². The Morgan fingerprint density at radius 3 is 2.80 bits per heavy atom. The number of ether oxygens (including phenoxy) is 1. The molecule has 0 bridgehead atoms. The van der Waals surface area contributed by atoms with Crippen molar-refractivity contribution in [1.29, 1.82) is 0 Å². The zero-order valence-corrected chi connectivity index (χ0v) is 6.59. The Hall–Kier alpha value is -0.530. The van der Waals surface area contributed by atoms with E-state index in [1.54, 1.807) is 0 Å². The van der Waals surface area contributed by atoms with E-state index in [2.05, 4.69) is 0 Å². The fourth-order valence-electron chi connectivity index (χ4n) is 1.20. The number of esters is 1. The Kier molecular flexibility index (Phi) is 2.30. The highest BCUT2D eigenvalue weighted by Crippen LogP contribution is 2.18. The first kappa shape index (κ1) is 7.58. The summed E-state index contributed by atoms with van der Waals surface area (Å²) in [5.74, 6) is 0.0925. The van der Waals surface area contributed by atoms with Crippen molar-refractivity contribution >= 4 is 5.97 Å². The minimum absolute atomic E-state index is 0.0231. The van der Waals surface area contributed by atoms with E-state index in [1.807, 2.05) is 13.8 Å². The second-order valence-corrected chi connectivity index (χ2v) is 3.08. The van der Waals surface area contributed by atoms with Crippen molar-refractivity contribution in [2.75, 3.05) is 0 Å². The molecule has 10 heavy (non-hydrogen) atoms. The van der Waals surface area contributed by atoms with Crippen molar-refractivity contribution in [1.82, 2.24) is 0 Å². The van der Waals surface area contributed by atoms with Crippen LogP contribution in [0.3, 0.4) is 0 Å². The molecule has 0 saturated carbocycles. The molecule has 0 amide bonds. The van der Waals surface area contributed by atoms with Gasteiger partial charge in [-0.2, -0.15) is 0 Å². The number of rotatable bonds is 0. The molecule has 1 fully saturated rings. The molecule has 0 aromatic heterocycles. The molecule has 2 atom stereocenters. The lowest BCUT2D eigenvalue weighted by atomic mass is 10.1. The van der Waals surface area contributed by atoms with Crippen molar-refractivity contribution in [2.45, 2.75) is 39.2 Å². The molecule has 0 aromatic rings. The lowest BCUT2D eigenvalue weighted by molar-refractivity contribution is -0.151. The van der Waals surface area contributed by atoms with Gasteiger partial charge in [0.1, 0.15) is 0 Å². The van der Waals surface area contributed by atoms with Crippen LogP contribution in [-0.4, -0.2) is 12.1 Å². The van der Waals surface area contributed by atoms with E-state index in [4.69, 9.17) is 4.74 Å². The first-order valence-corrected chi connectivity index (χ1v) is 3.90. The van der Waals surface area contributed by atoms with Crippen LogP contribution in [0.1, 0.15) is 33.1 Å². The topological polar surface area (TPSA) is 26.3 Å². The third-order valence-corrected chi connectivity index (χ3v) is 1.97. The van der Waals surface area contributed by atoms with Gasteiger partial charge in [0, 0.05) is 0 Å². The Morgan fingerprint density at radius 1 is 1.40 bits per heavy atom. The summed E-state index contributed by atoms with van der Waals surface area (Å²) in [7, 11) is 0. The normalized spacial score (nSPS) is 34.8. The zero-order valence-electron chi connectivity index (χ0n) is 6.59. The van der Waals surface area contributed by atoms with Crippen molar-refractivity contribution in [3.63, 3.8) is 0 Å². The first-order valence-electron chi connectivity index (χ1n) is 3.90. The quantitative estimate of drug-likeness (QED) is 0.481. The van der Waals surface area contributed by atoms with Gasteiger partial charge in [0.25, 0.3) is 0 Å². The number of carbonyl (C=O) groups is 1. The largest absolute Gasteiger partial charge is 0.462 e. The molecule has 1 heterocycles. The summed E-state index contributed by atoms with van der Waals surface area (Å²) in [6.07, 6.45) is 3.27. The van der Waals surface area contributed by atoms with Gasteiger partial charge in [0.05, 0.1) is 12.0 Å². The third-order valence-electron chi connectivity index (χ3n) is 1.97. The van der Waals surface area contributed by atoms with Gasteiger partial charge in [-0.05, 0) is 26.2 Å². The highest BCUT2D eigenvalue weighted by molar-refractivity contribution is 5.72. The molecule has 0 unspecified atom stereocenters. The molecule has 2 heteroatoms. The van der Waals surface area contributed by atoms with Crippen molar-refractivity contribution in [3.05, 3.63) is 0 Å². The van der Waals surface area contributed by atoms with Gasteiger partial charge >= 0.3 is 5.97 Å². The zero-order chi connectivity index (χ0) is 7.56. The number of hydrogen-bond acceptors (Lipinski definition) is 2. The lowest BCUT2D eigenvalue weighted by Gasteiger charge is -2.08.